The molecule has 1 saturated heterocycles. The predicted molar refractivity (Wildman–Crippen MR) is 114 cm³/mol. The molecule has 1 fully saturated rings. The molecule has 8 heteroatoms. The number of phenols is 1. The second-order valence-corrected chi connectivity index (χ2v) is 8.85. The minimum Gasteiger partial charge on any atom is -0.508 e. The van der Waals surface area contributed by atoms with Gasteiger partial charge in [0.25, 0.3) is 0 Å². The Balaban J connectivity index is 1.52. The number of aromatic hydroxyl groups is 1. The number of hydrogen-bond acceptors (Lipinski definition) is 4. The maximum Gasteiger partial charge on any atom is 0.401 e. The van der Waals surface area contributed by atoms with Gasteiger partial charge in [-0.1, -0.05) is 18.2 Å². The van der Waals surface area contributed by atoms with E-state index in [-0.39, 0.29) is 24.9 Å². The number of nitrogens with zero attached hydrogens (tertiary/aromatic N) is 2. The molecule has 2 aliphatic rings. The number of likely N-dealkylation sites (tertiary alicyclic amines) is 1. The van der Waals surface area contributed by atoms with Crippen molar-refractivity contribution in [1.82, 2.24) is 9.80 Å². The van der Waals surface area contributed by atoms with E-state index in [0.717, 1.165) is 29.8 Å². The lowest BCUT2D eigenvalue weighted by Crippen LogP contribution is -2.52. The van der Waals surface area contributed by atoms with Gasteiger partial charge in [-0.3, -0.25) is 14.2 Å². The Morgan fingerprint density at radius 3 is 2.50 bits per heavy atom. The van der Waals surface area contributed by atoms with Gasteiger partial charge in [-0.2, -0.15) is 13.2 Å². The normalized spacial score (nSPS) is 22.4. The summed E-state index contributed by atoms with van der Waals surface area (Å²) in [5, 5.41) is 9.86. The monoisotopic (exact) mass is 452 g/mol. The summed E-state index contributed by atoms with van der Waals surface area (Å²) in [5.41, 5.74) is 1.36. The van der Waals surface area contributed by atoms with E-state index in [0.29, 0.717) is 25.3 Å². The highest BCUT2D eigenvalue weighted by molar-refractivity contribution is 5.48. The second-order valence-electron chi connectivity index (χ2n) is 8.85. The molecule has 174 valence electrons. The molecule has 0 saturated carbocycles. The van der Waals surface area contributed by atoms with Crippen LogP contribution in [0.15, 0.2) is 42.5 Å². The molecule has 2 heterocycles. The van der Waals surface area contributed by atoms with Crippen LogP contribution in [0.2, 0.25) is 0 Å². The van der Waals surface area contributed by atoms with E-state index >= 15 is 0 Å². The molecule has 2 aliphatic heterocycles. The molecule has 2 aromatic rings. The zero-order valence-corrected chi connectivity index (χ0v) is 18.0. The van der Waals surface area contributed by atoms with Crippen LogP contribution in [0.4, 0.5) is 17.6 Å². The Morgan fingerprint density at radius 1 is 1.12 bits per heavy atom. The molecule has 32 heavy (non-hydrogen) atoms. The first kappa shape index (κ1) is 22.9. The lowest BCUT2D eigenvalue weighted by Gasteiger charge is -2.47. The molecule has 0 aliphatic carbocycles. The fourth-order valence-electron chi connectivity index (χ4n) is 4.83. The van der Waals surface area contributed by atoms with E-state index in [2.05, 4.69) is 4.90 Å². The summed E-state index contributed by atoms with van der Waals surface area (Å²) >= 11 is 0. The van der Waals surface area contributed by atoms with Gasteiger partial charge in [0.05, 0.1) is 18.8 Å². The Kier molecular flexibility index (Phi) is 6.36. The number of hydrogen-bond donors (Lipinski definition) is 1. The lowest BCUT2D eigenvalue weighted by molar-refractivity contribution is -0.157. The van der Waals surface area contributed by atoms with Crippen molar-refractivity contribution < 1.29 is 27.4 Å². The van der Waals surface area contributed by atoms with E-state index in [1.54, 1.807) is 31.2 Å². The fourth-order valence-corrected chi connectivity index (χ4v) is 4.83. The van der Waals surface area contributed by atoms with Crippen LogP contribution in [0.25, 0.3) is 0 Å². The summed E-state index contributed by atoms with van der Waals surface area (Å²) in [6, 6.07) is 12.1. The van der Waals surface area contributed by atoms with Gasteiger partial charge in [0.15, 0.2) is 0 Å². The first-order valence-corrected chi connectivity index (χ1v) is 10.8. The maximum atomic E-state index is 13.4. The number of alkyl halides is 4. The van der Waals surface area contributed by atoms with E-state index in [4.69, 9.17) is 4.74 Å². The molecular weight excluding hydrogens is 424 g/mol. The summed E-state index contributed by atoms with van der Waals surface area (Å²) in [6.07, 6.45) is -3.88. The molecule has 1 atom stereocenters. The second kappa shape index (κ2) is 8.90. The third-order valence-electron chi connectivity index (χ3n) is 6.61. The van der Waals surface area contributed by atoms with Crippen molar-refractivity contribution in [3.05, 3.63) is 59.2 Å². The molecule has 0 amide bonds. The lowest BCUT2D eigenvalue weighted by atomic mass is 9.77. The molecule has 2 aromatic carbocycles. The van der Waals surface area contributed by atoms with Gasteiger partial charge >= 0.3 is 6.18 Å². The summed E-state index contributed by atoms with van der Waals surface area (Å²) in [5.74, 6) is 0.887. The molecule has 0 radical (unpaired) electrons. The van der Waals surface area contributed by atoms with Gasteiger partial charge in [0, 0.05) is 32.1 Å². The summed E-state index contributed by atoms with van der Waals surface area (Å²) < 4.78 is 58.4. The van der Waals surface area contributed by atoms with Gasteiger partial charge in [-0.15, -0.1) is 0 Å². The van der Waals surface area contributed by atoms with E-state index in [1.165, 1.54) is 11.0 Å². The van der Waals surface area contributed by atoms with Crippen molar-refractivity contribution in [2.45, 2.75) is 25.1 Å². The van der Waals surface area contributed by atoms with Crippen LogP contribution in [0.1, 0.15) is 23.6 Å². The Bertz CT molecular complexity index is 929. The molecule has 4 nitrogen and oxygen atoms in total. The average molecular weight is 452 g/mol. The summed E-state index contributed by atoms with van der Waals surface area (Å²) in [6.45, 7) is 3.42. The van der Waals surface area contributed by atoms with Gasteiger partial charge in [0.1, 0.15) is 18.1 Å². The van der Waals surface area contributed by atoms with Gasteiger partial charge in [-0.05, 0) is 54.3 Å². The Hall–Kier alpha value is -2.32. The minimum absolute atomic E-state index is 0.110. The number of halogens is 4. The highest BCUT2D eigenvalue weighted by atomic mass is 19.4. The fraction of sp³-hybridized carbons (Fsp3) is 0.500. The van der Waals surface area contributed by atoms with Crippen LogP contribution in [-0.2, 0) is 12.0 Å². The Morgan fingerprint density at radius 2 is 1.84 bits per heavy atom. The number of rotatable bonds is 7. The zero-order chi connectivity index (χ0) is 22.9. The molecule has 0 bridgehead atoms. The summed E-state index contributed by atoms with van der Waals surface area (Å²) in [4.78, 5) is 3.58. The maximum absolute atomic E-state index is 13.4. The van der Waals surface area contributed by atoms with Crippen LogP contribution in [-0.4, -0.2) is 67.1 Å². The minimum atomic E-state index is -4.32. The number of ether oxygens (including phenoxy) is 1. The number of fused-ring (bicyclic) bond motifs is 1. The third kappa shape index (κ3) is 4.71. The third-order valence-corrected chi connectivity index (χ3v) is 6.61. The first-order valence-electron chi connectivity index (χ1n) is 10.8. The van der Waals surface area contributed by atoms with Crippen molar-refractivity contribution in [3.63, 3.8) is 0 Å². The van der Waals surface area contributed by atoms with E-state index in [1.807, 2.05) is 12.1 Å². The van der Waals surface area contributed by atoms with E-state index in [9.17, 15) is 22.7 Å². The highest BCUT2D eigenvalue weighted by Crippen LogP contribution is 2.43. The molecule has 0 aromatic heterocycles. The number of benzene rings is 2. The SMILES string of the molecule is C[C@@]1(c2ccc(OCCN3CC(CF)C3)cc2)c2ccc(O)cc2CCN1CC(F)(F)F. The smallest absolute Gasteiger partial charge is 0.401 e. The van der Waals surface area contributed by atoms with Crippen molar-refractivity contribution in [2.75, 3.05) is 46.0 Å². The van der Waals surface area contributed by atoms with Crippen LogP contribution in [0.3, 0.4) is 0 Å². The molecule has 4 rings (SSSR count). The first-order chi connectivity index (χ1) is 15.2. The molecule has 1 N–H and O–H groups in total. The quantitative estimate of drug-likeness (QED) is 0.634. The van der Waals surface area contributed by atoms with E-state index < -0.39 is 18.3 Å². The standard InChI is InChI=1S/C24H28F4N2O2/c1-23(19-2-5-21(6-3-19)32-11-10-29-14-17(13-25)15-29)22-7-4-20(31)12-18(22)8-9-30(23)16-24(26,27)28/h2-7,12,17,31H,8-11,13-16H2,1H3/t23-/m1/s1. The summed E-state index contributed by atoms with van der Waals surface area (Å²) in [7, 11) is 0. The van der Waals surface area contributed by atoms with Crippen LogP contribution < -0.4 is 4.74 Å². The van der Waals surface area contributed by atoms with Crippen LogP contribution in [0, 0.1) is 5.92 Å². The van der Waals surface area contributed by atoms with Crippen LogP contribution >= 0.6 is 0 Å². The molecular formula is C24H28F4N2O2. The average Bonchev–Trinajstić information content (AvgIpc) is 2.71. The van der Waals surface area contributed by atoms with Crippen molar-refractivity contribution >= 4 is 0 Å². The number of phenolic OH excluding ortho intramolecular Hbond substituents is 1. The Labute approximate surface area is 185 Å². The highest BCUT2D eigenvalue weighted by Gasteiger charge is 2.45. The van der Waals surface area contributed by atoms with Gasteiger partial charge in [0.2, 0.25) is 0 Å². The zero-order valence-electron chi connectivity index (χ0n) is 18.0. The topological polar surface area (TPSA) is 35.9 Å². The van der Waals surface area contributed by atoms with Gasteiger partial charge in [-0.25, -0.2) is 0 Å². The van der Waals surface area contributed by atoms with Crippen molar-refractivity contribution in [2.24, 2.45) is 5.92 Å². The van der Waals surface area contributed by atoms with Crippen molar-refractivity contribution in [3.8, 4) is 11.5 Å². The molecule has 0 spiro atoms. The molecule has 0 unspecified atom stereocenters. The largest absolute Gasteiger partial charge is 0.508 e. The van der Waals surface area contributed by atoms with Gasteiger partial charge < -0.3 is 9.84 Å². The van der Waals surface area contributed by atoms with Crippen molar-refractivity contribution in [1.29, 1.82) is 0 Å². The van der Waals surface area contributed by atoms with Crippen LogP contribution in [0.5, 0.6) is 11.5 Å². The predicted octanol–water partition coefficient (Wildman–Crippen LogP) is 4.36.